The molecular formula is C25H16BrCl2NO5. The summed E-state index contributed by atoms with van der Waals surface area (Å²) in [7, 11) is 0. The van der Waals surface area contributed by atoms with E-state index >= 15 is 0 Å². The molecule has 3 aromatic carbocycles. The normalized spacial score (nSPS) is 14.1. The number of benzene rings is 3. The first-order valence-corrected chi connectivity index (χ1v) is 11.6. The molecule has 0 N–H and O–H groups in total. The molecule has 0 aromatic heterocycles. The standard InChI is InChI=1S/C25H16BrCl2NO5/c1-2-32-22-12-14(3-10-21(22)33-24(30)15-4-6-16(26)7-5-15)11-20-25(31)34-23(29-20)18-9-8-17(27)13-19(18)28/h3-13H,2H2,1H3/b20-11+. The number of carbonyl (C=O) groups is 2. The Morgan fingerprint density at radius 2 is 1.82 bits per heavy atom. The van der Waals surface area contributed by atoms with E-state index < -0.39 is 11.9 Å². The Kier molecular flexibility index (Phi) is 7.36. The van der Waals surface area contributed by atoms with E-state index in [9.17, 15) is 9.59 Å². The van der Waals surface area contributed by atoms with Crippen LogP contribution in [-0.2, 0) is 9.53 Å². The second kappa shape index (κ2) is 10.4. The first kappa shape index (κ1) is 24.0. The van der Waals surface area contributed by atoms with E-state index in [1.807, 2.05) is 6.92 Å². The molecule has 3 aromatic rings. The van der Waals surface area contributed by atoms with E-state index in [1.165, 1.54) is 0 Å². The molecule has 0 atom stereocenters. The van der Waals surface area contributed by atoms with E-state index in [4.69, 9.17) is 37.4 Å². The fourth-order valence-corrected chi connectivity index (χ4v) is 3.81. The van der Waals surface area contributed by atoms with E-state index in [0.717, 1.165) is 4.47 Å². The maximum Gasteiger partial charge on any atom is 0.363 e. The first-order valence-electron chi connectivity index (χ1n) is 10.1. The summed E-state index contributed by atoms with van der Waals surface area (Å²) >= 11 is 15.5. The molecule has 1 aliphatic heterocycles. The van der Waals surface area contributed by atoms with Crippen LogP contribution in [0.2, 0.25) is 10.0 Å². The van der Waals surface area contributed by atoms with Gasteiger partial charge in [0.25, 0.3) is 0 Å². The summed E-state index contributed by atoms with van der Waals surface area (Å²) in [5.74, 6) is -0.456. The third-order valence-corrected chi connectivity index (χ3v) is 5.71. The minimum Gasteiger partial charge on any atom is -0.490 e. The largest absolute Gasteiger partial charge is 0.490 e. The Hall–Kier alpha value is -3.13. The van der Waals surface area contributed by atoms with Crippen LogP contribution in [0.3, 0.4) is 0 Å². The van der Waals surface area contributed by atoms with Gasteiger partial charge in [-0.2, -0.15) is 0 Å². The third kappa shape index (κ3) is 5.50. The van der Waals surface area contributed by atoms with Crippen molar-refractivity contribution in [3.8, 4) is 11.5 Å². The number of hydrogen-bond donors (Lipinski definition) is 0. The molecule has 9 heteroatoms. The Morgan fingerprint density at radius 3 is 2.53 bits per heavy atom. The van der Waals surface area contributed by atoms with Gasteiger partial charge < -0.3 is 14.2 Å². The minimum absolute atomic E-state index is 0.0861. The fraction of sp³-hybridized carbons (Fsp3) is 0.0800. The van der Waals surface area contributed by atoms with Crippen LogP contribution in [0.1, 0.15) is 28.4 Å². The summed E-state index contributed by atoms with van der Waals surface area (Å²) in [5, 5.41) is 0.773. The monoisotopic (exact) mass is 559 g/mol. The predicted octanol–water partition coefficient (Wildman–Crippen LogP) is 6.72. The fourth-order valence-electron chi connectivity index (χ4n) is 3.06. The van der Waals surface area contributed by atoms with Crippen LogP contribution in [0.25, 0.3) is 6.08 Å². The summed E-state index contributed by atoms with van der Waals surface area (Å²) in [6, 6.07) is 16.5. The van der Waals surface area contributed by atoms with Crippen molar-refractivity contribution in [2.75, 3.05) is 6.61 Å². The molecule has 4 rings (SSSR count). The van der Waals surface area contributed by atoms with Gasteiger partial charge in [-0.1, -0.05) is 45.2 Å². The molecule has 0 amide bonds. The first-order chi connectivity index (χ1) is 16.3. The van der Waals surface area contributed by atoms with Gasteiger partial charge in [-0.25, -0.2) is 14.6 Å². The Labute approximate surface area is 213 Å². The maximum absolute atomic E-state index is 12.5. The highest BCUT2D eigenvalue weighted by atomic mass is 79.9. The van der Waals surface area contributed by atoms with Crippen LogP contribution in [0.4, 0.5) is 0 Å². The third-order valence-electron chi connectivity index (χ3n) is 4.64. The van der Waals surface area contributed by atoms with Crippen LogP contribution >= 0.6 is 39.1 Å². The molecule has 0 radical (unpaired) electrons. The van der Waals surface area contributed by atoms with Gasteiger partial charge >= 0.3 is 11.9 Å². The topological polar surface area (TPSA) is 74.2 Å². The molecular weight excluding hydrogens is 545 g/mol. The van der Waals surface area contributed by atoms with Crippen molar-refractivity contribution < 1.29 is 23.8 Å². The highest BCUT2D eigenvalue weighted by Crippen LogP contribution is 2.31. The molecule has 0 fully saturated rings. The van der Waals surface area contributed by atoms with Crippen molar-refractivity contribution in [2.45, 2.75) is 6.92 Å². The van der Waals surface area contributed by atoms with Crippen LogP contribution in [0, 0.1) is 0 Å². The van der Waals surface area contributed by atoms with Crippen molar-refractivity contribution in [2.24, 2.45) is 4.99 Å². The molecule has 1 aliphatic rings. The van der Waals surface area contributed by atoms with Crippen LogP contribution in [0.15, 0.2) is 75.8 Å². The number of hydrogen-bond acceptors (Lipinski definition) is 6. The lowest BCUT2D eigenvalue weighted by molar-refractivity contribution is -0.129. The van der Waals surface area contributed by atoms with Crippen molar-refractivity contribution in [1.29, 1.82) is 0 Å². The number of aliphatic imine (C=N–C) groups is 1. The smallest absolute Gasteiger partial charge is 0.363 e. The average molecular weight is 561 g/mol. The van der Waals surface area contributed by atoms with Crippen molar-refractivity contribution in [3.05, 3.63) is 97.6 Å². The van der Waals surface area contributed by atoms with Crippen molar-refractivity contribution in [3.63, 3.8) is 0 Å². The Balaban J connectivity index is 1.60. The van der Waals surface area contributed by atoms with Gasteiger partial charge in [0.1, 0.15) is 0 Å². The van der Waals surface area contributed by atoms with Gasteiger partial charge in [0.2, 0.25) is 5.90 Å². The number of cyclic esters (lactones) is 1. The molecule has 1 heterocycles. The van der Waals surface area contributed by atoms with Crippen LogP contribution in [0.5, 0.6) is 11.5 Å². The van der Waals surface area contributed by atoms with Crippen LogP contribution in [-0.4, -0.2) is 24.4 Å². The lowest BCUT2D eigenvalue weighted by atomic mass is 10.1. The lowest BCUT2D eigenvalue weighted by Gasteiger charge is -2.11. The second-order valence-electron chi connectivity index (χ2n) is 7.00. The summed E-state index contributed by atoms with van der Waals surface area (Å²) in [6.07, 6.45) is 1.54. The number of halogens is 3. The van der Waals surface area contributed by atoms with E-state index in [2.05, 4.69) is 20.9 Å². The molecule has 34 heavy (non-hydrogen) atoms. The molecule has 0 spiro atoms. The predicted molar refractivity (Wildman–Crippen MR) is 134 cm³/mol. The zero-order chi connectivity index (χ0) is 24.2. The van der Waals surface area contributed by atoms with Crippen LogP contribution < -0.4 is 9.47 Å². The Morgan fingerprint density at radius 1 is 1.06 bits per heavy atom. The van der Waals surface area contributed by atoms with E-state index in [1.54, 1.807) is 66.7 Å². The average Bonchev–Trinajstić information content (AvgIpc) is 3.15. The van der Waals surface area contributed by atoms with Gasteiger partial charge in [-0.15, -0.1) is 0 Å². The lowest BCUT2D eigenvalue weighted by Crippen LogP contribution is -2.09. The summed E-state index contributed by atoms with van der Waals surface area (Å²) in [5.41, 5.74) is 1.54. The zero-order valence-electron chi connectivity index (χ0n) is 17.7. The molecule has 0 bridgehead atoms. The SMILES string of the molecule is CCOc1cc(/C=C2/N=C(c3ccc(Cl)cc3Cl)OC2=O)ccc1OC(=O)c1ccc(Br)cc1. The number of rotatable bonds is 6. The quantitative estimate of drug-likeness (QED) is 0.190. The maximum atomic E-state index is 12.5. The molecule has 0 saturated heterocycles. The highest BCUT2D eigenvalue weighted by Gasteiger charge is 2.26. The summed E-state index contributed by atoms with van der Waals surface area (Å²) in [6.45, 7) is 2.16. The van der Waals surface area contributed by atoms with Crippen molar-refractivity contribution >= 4 is 63.0 Å². The highest BCUT2D eigenvalue weighted by molar-refractivity contribution is 9.10. The molecule has 6 nitrogen and oxygen atoms in total. The minimum atomic E-state index is -0.621. The summed E-state index contributed by atoms with van der Waals surface area (Å²) < 4.78 is 17.3. The molecule has 0 unspecified atom stereocenters. The van der Waals surface area contributed by atoms with Gasteiger partial charge in [0.15, 0.2) is 17.2 Å². The second-order valence-corrected chi connectivity index (χ2v) is 8.76. The van der Waals surface area contributed by atoms with Gasteiger partial charge in [-0.3, -0.25) is 0 Å². The number of nitrogens with zero attached hydrogens (tertiary/aromatic N) is 1. The van der Waals surface area contributed by atoms with Gasteiger partial charge in [0, 0.05) is 9.50 Å². The van der Waals surface area contributed by atoms with Gasteiger partial charge in [0.05, 0.1) is 22.8 Å². The number of esters is 2. The zero-order valence-corrected chi connectivity index (χ0v) is 20.8. The molecule has 0 saturated carbocycles. The van der Waals surface area contributed by atoms with E-state index in [0.29, 0.717) is 39.1 Å². The summed E-state index contributed by atoms with van der Waals surface area (Å²) in [4.78, 5) is 29.1. The van der Waals surface area contributed by atoms with Crippen molar-refractivity contribution in [1.82, 2.24) is 0 Å². The van der Waals surface area contributed by atoms with Gasteiger partial charge in [-0.05, 0) is 73.2 Å². The molecule has 0 aliphatic carbocycles. The number of carbonyl (C=O) groups excluding carboxylic acids is 2. The number of ether oxygens (including phenoxy) is 3. The molecule has 172 valence electrons. The Bertz CT molecular complexity index is 1340. The van der Waals surface area contributed by atoms with E-state index in [-0.39, 0.29) is 17.3 Å².